The molecule has 2 nitrogen and oxygen atoms in total. The lowest BCUT2D eigenvalue weighted by atomic mass is 9.49. The van der Waals surface area contributed by atoms with Gasteiger partial charge in [0.15, 0.2) is 23.3 Å². The molecule has 4 aliphatic rings. The van der Waals surface area contributed by atoms with Crippen molar-refractivity contribution in [3.8, 4) is 0 Å². The lowest BCUT2D eigenvalue weighted by Gasteiger charge is -2.55. The molecule has 0 saturated heterocycles. The third-order valence-corrected chi connectivity index (χ3v) is 5.97. The number of amides is 1. The van der Waals surface area contributed by atoms with Crippen molar-refractivity contribution >= 4 is 11.6 Å². The molecule has 4 saturated carbocycles. The zero-order valence-corrected chi connectivity index (χ0v) is 12.8. The van der Waals surface area contributed by atoms with Gasteiger partial charge in [-0.2, -0.15) is 0 Å². The fourth-order valence-electron chi connectivity index (χ4n) is 5.35. The first-order valence-electron chi connectivity index (χ1n) is 8.13. The zero-order valence-electron chi connectivity index (χ0n) is 12.8. The van der Waals surface area contributed by atoms with E-state index < -0.39 is 46.1 Å². The van der Waals surface area contributed by atoms with Crippen LogP contribution in [0.25, 0.3) is 0 Å². The molecule has 5 rings (SSSR count). The van der Waals surface area contributed by atoms with E-state index in [1.807, 2.05) is 5.32 Å². The third kappa shape index (κ3) is 2.16. The van der Waals surface area contributed by atoms with Crippen molar-refractivity contribution in [3.63, 3.8) is 0 Å². The van der Waals surface area contributed by atoms with Gasteiger partial charge in [-0.15, -0.1) is 0 Å². The molecule has 0 spiro atoms. The molecule has 1 amide bonds. The van der Waals surface area contributed by atoms with E-state index in [0.29, 0.717) is 37.0 Å². The van der Waals surface area contributed by atoms with E-state index in [9.17, 15) is 26.7 Å². The Morgan fingerprint density at radius 3 is 1.54 bits per heavy atom. The van der Waals surface area contributed by atoms with Crippen LogP contribution in [0.4, 0.5) is 27.6 Å². The number of benzene rings is 1. The van der Waals surface area contributed by atoms with Gasteiger partial charge >= 0.3 is 0 Å². The normalized spacial score (nSPS) is 33.8. The monoisotopic (exact) mass is 345 g/mol. The van der Waals surface area contributed by atoms with Crippen molar-refractivity contribution in [3.05, 3.63) is 29.1 Å². The van der Waals surface area contributed by atoms with Crippen LogP contribution in [0.15, 0.2) is 0 Å². The van der Waals surface area contributed by atoms with Crippen LogP contribution in [0.2, 0.25) is 0 Å². The van der Waals surface area contributed by atoms with Gasteiger partial charge in [-0.1, -0.05) is 0 Å². The average Bonchev–Trinajstić information content (AvgIpc) is 2.53. The van der Waals surface area contributed by atoms with Crippen molar-refractivity contribution in [1.82, 2.24) is 0 Å². The van der Waals surface area contributed by atoms with Crippen LogP contribution in [0.3, 0.4) is 0 Å². The highest BCUT2D eigenvalue weighted by Crippen LogP contribution is 2.60. The van der Waals surface area contributed by atoms with Crippen molar-refractivity contribution in [2.45, 2.75) is 38.5 Å². The van der Waals surface area contributed by atoms with Gasteiger partial charge in [-0.05, 0) is 56.3 Å². The summed E-state index contributed by atoms with van der Waals surface area (Å²) >= 11 is 0. The summed E-state index contributed by atoms with van der Waals surface area (Å²) in [6, 6.07) is 0. The minimum Gasteiger partial charge on any atom is -0.321 e. The first kappa shape index (κ1) is 15.8. The highest BCUT2D eigenvalue weighted by atomic mass is 19.2. The standard InChI is InChI=1S/C17H16F5NO/c18-10-11(19)13(21)15(14(22)12(10)20)23-16(24)17-4-7-1-8(5-17)3-9(2-7)6-17/h7-9H,1-6H2,(H,23,24). The Labute approximate surface area is 135 Å². The first-order valence-corrected chi connectivity index (χ1v) is 8.13. The molecule has 130 valence electrons. The molecule has 7 heteroatoms. The van der Waals surface area contributed by atoms with E-state index in [1.54, 1.807) is 0 Å². The van der Waals surface area contributed by atoms with Gasteiger partial charge in [0.2, 0.25) is 11.7 Å². The Bertz CT molecular complexity index is 668. The lowest BCUT2D eigenvalue weighted by molar-refractivity contribution is -0.140. The minimum atomic E-state index is -2.22. The summed E-state index contributed by atoms with van der Waals surface area (Å²) in [5.41, 5.74) is -1.98. The number of carbonyl (C=O) groups is 1. The molecule has 0 atom stereocenters. The van der Waals surface area contributed by atoms with E-state index in [1.165, 1.54) is 0 Å². The molecule has 0 aliphatic heterocycles. The van der Waals surface area contributed by atoms with Gasteiger partial charge in [0.05, 0.1) is 5.41 Å². The topological polar surface area (TPSA) is 29.1 Å². The molecule has 4 fully saturated rings. The summed E-state index contributed by atoms with van der Waals surface area (Å²) in [6.07, 6.45) is 5.07. The van der Waals surface area contributed by atoms with Crippen LogP contribution >= 0.6 is 0 Å². The summed E-state index contributed by atoms with van der Waals surface area (Å²) in [6.45, 7) is 0. The van der Waals surface area contributed by atoms with Crippen LogP contribution in [0, 0.1) is 52.3 Å². The predicted octanol–water partition coefficient (Wildman–Crippen LogP) is 4.54. The molecule has 0 unspecified atom stereocenters. The molecule has 1 N–H and O–H groups in total. The number of halogens is 5. The lowest BCUT2D eigenvalue weighted by Crippen LogP contribution is -2.52. The largest absolute Gasteiger partial charge is 0.321 e. The van der Waals surface area contributed by atoms with Crippen LogP contribution in [0.5, 0.6) is 0 Å². The maximum absolute atomic E-state index is 13.8. The Morgan fingerprint density at radius 1 is 0.750 bits per heavy atom. The van der Waals surface area contributed by atoms with E-state index in [2.05, 4.69) is 0 Å². The fourth-order valence-corrected chi connectivity index (χ4v) is 5.35. The molecular formula is C17H16F5NO. The second-order valence-corrected chi connectivity index (χ2v) is 7.60. The van der Waals surface area contributed by atoms with Crippen LogP contribution in [0.1, 0.15) is 38.5 Å². The molecule has 0 heterocycles. The molecule has 24 heavy (non-hydrogen) atoms. The Hall–Kier alpha value is -1.66. The summed E-state index contributed by atoms with van der Waals surface area (Å²) in [5.74, 6) is -9.68. The van der Waals surface area contributed by atoms with E-state index in [0.717, 1.165) is 19.3 Å². The second kappa shape index (κ2) is 5.17. The SMILES string of the molecule is O=C(Nc1c(F)c(F)c(F)c(F)c1F)C12CC3CC(CC(C3)C1)C2. The van der Waals surface area contributed by atoms with Gasteiger partial charge in [-0.3, -0.25) is 4.79 Å². The Kier molecular flexibility index (Phi) is 3.41. The summed E-state index contributed by atoms with van der Waals surface area (Å²) in [7, 11) is 0. The maximum Gasteiger partial charge on any atom is 0.230 e. The Balaban J connectivity index is 1.66. The van der Waals surface area contributed by atoms with Gasteiger partial charge in [0, 0.05) is 0 Å². The highest BCUT2D eigenvalue weighted by molar-refractivity contribution is 5.96. The average molecular weight is 345 g/mol. The zero-order chi connectivity index (χ0) is 17.2. The smallest absolute Gasteiger partial charge is 0.230 e. The molecule has 1 aromatic carbocycles. The summed E-state index contributed by atoms with van der Waals surface area (Å²) in [5, 5.41) is 2.01. The number of carbonyl (C=O) groups excluding carboxylic acids is 1. The minimum absolute atomic E-state index is 0.415. The number of anilines is 1. The summed E-state index contributed by atoms with van der Waals surface area (Å²) < 4.78 is 67.3. The van der Waals surface area contributed by atoms with Gasteiger partial charge in [0.1, 0.15) is 5.69 Å². The highest BCUT2D eigenvalue weighted by Gasteiger charge is 2.54. The predicted molar refractivity (Wildman–Crippen MR) is 75.5 cm³/mol. The molecular weight excluding hydrogens is 329 g/mol. The van der Waals surface area contributed by atoms with Crippen molar-refractivity contribution in [2.24, 2.45) is 23.2 Å². The number of hydrogen-bond donors (Lipinski definition) is 1. The van der Waals surface area contributed by atoms with Crippen molar-refractivity contribution in [2.75, 3.05) is 5.32 Å². The van der Waals surface area contributed by atoms with Crippen LogP contribution < -0.4 is 5.32 Å². The van der Waals surface area contributed by atoms with Gasteiger partial charge in [0.25, 0.3) is 0 Å². The Morgan fingerprint density at radius 2 is 1.12 bits per heavy atom. The second-order valence-electron chi connectivity index (χ2n) is 7.60. The van der Waals surface area contributed by atoms with Crippen molar-refractivity contribution in [1.29, 1.82) is 0 Å². The number of hydrogen-bond acceptors (Lipinski definition) is 1. The maximum atomic E-state index is 13.8. The fraction of sp³-hybridized carbons (Fsp3) is 0.588. The third-order valence-electron chi connectivity index (χ3n) is 5.97. The van der Waals surface area contributed by atoms with Gasteiger partial charge < -0.3 is 5.32 Å². The molecule has 4 bridgehead atoms. The number of nitrogens with one attached hydrogen (secondary N) is 1. The van der Waals surface area contributed by atoms with Crippen LogP contribution in [-0.4, -0.2) is 5.91 Å². The van der Waals surface area contributed by atoms with Gasteiger partial charge in [-0.25, -0.2) is 22.0 Å². The molecule has 0 aromatic heterocycles. The van der Waals surface area contributed by atoms with E-state index in [4.69, 9.17) is 0 Å². The molecule has 1 aromatic rings. The number of rotatable bonds is 2. The van der Waals surface area contributed by atoms with Crippen LogP contribution in [-0.2, 0) is 4.79 Å². The molecule has 0 radical (unpaired) electrons. The first-order chi connectivity index (χ1) is 11.3. The van der Waals surface area contributed by atoms with E-state index >= 15 is 0 Å². The molecule has 4 aliphatic carbocycles. The quantitative estimate of drug-likeness (QED) is 0.476. The van der Waals surface area contributed by atoms with E-state index in [-0.39, 0.29) is 0 Å². The summed E-state index contributed by atoms with van der Waals surface area (Å²) in [4.78, 5) is 12.7. The van der Waals surface area contributed by atoms with Crippen molar-refractivity contribution < 1.29 is 26.7 Å².